The van der Waals surface area contributed by atoms with Crippen LogP contribution < -0.4 is 20.1 Å². The van der Waals surface area contributed by atoms with E-state index in [9.17, 15) is 0 Å². The fourth-order valence-electron chi connectivity index (χ4n) is 3.00. The number of hydrogen-bond donors (Lipinski definition) is 2. The van der Waals surface area contributed by atoms with Gasteiger partial charge in [0.15, 0.2) is 5.96 Å². The fourth-order valence-corrected chi connectivity index (χ4v) is 3.00. The van der Waals surface area contributed by atoms with Gasteiger partial charge >= 0.3 is 0 Å². The Morgan fingerprint density at radius 1 is 0.968 bits per heavy atom. The van der Waals surface area contributed by atoms with Gasteiger partial charge in [0, 0.05) is 32.4 Å². The van der Waals surface area contributed by atoms with E-state index in [2.05, 4.69) is 26.7 Å². The molecule has 3 aromatic rings. The average Bonchev–Trinajstić information content (AvgIpc) is 2.81. The Hall–Kier alpha value is -2.81. The van der Waals surface area contributed by atoms with Crippen molar-refractivity contribution in [3.63, 3.8) is 0 Å². The average molecular weight is 532 g/mol. The number of para-hydroxylation sites is 1. The summed E-state index contributed by atoms with van der Waals surface area (Å²) in [6.45, 7) is 1.87. The summed E-state index contributed by atoms with van der Waals surface area (Å²) in [4.78, 5) is 8.59. The van der Waals surface area contributed by atoms with Crippen molar-refractivity contribution in [1.29, 1.82) is 0 Å². The molecule has 164 valence electrons. The van der Waals surface area contributed by atoms with Crippen LogP contribution in [0.3, 0.4) is 0 Å². The maximum absolute atomic E-state index is 5.80. The number of nitrogens with zero attached hydrogens (tertiary/aromatic N) is 2. The molecule has 0 atom stereocenters. The third-order valence-electron chi connectivity index (χ3n) is 4.59. The van der Waals surface area contributed by atoms with Crippen molar-refractivity contribution in [3.05, 3.63) is 89.6 Å². The molecule has 1 aromatic heterocycles. The van der Waals surface area contributed by atoms with E-state index in [-0.39, 0.29) is 24.0 Å². The van der Waals surface area contributed by atoms with E-state index < -0.39 is 0 Å². The van der Waals surface area contributed by atoms with E-state index in [1.807, 2.05) is 60.7 Å². The van der Waals surface area contributed by atoms with Crippen molar-refractivity contribution in [2.24, 2.45) is 4.99 Å². The number of benzene rings is 2. The smallest absolute Gasteiger partial charge is 0.213 e. The molecule has 6 nitrogen and oxygen atoms in total. The molecule has 0 fully saturated rings. The highest BCUT2D eigenvalue weighted by atomic mass is 127. The van der Waals surface area contributed by atoms with Gasteiger partial charge in [-0.05, 0) is 35.2 Å². The summed E-state index contributed by atoms with van der Waals surface area (Å²) in [6.07, 6.45) is 2.60. The minimum absolute atomic E-state index is 0. The summed E-state index contributed by atoms with van der Waals surface area (Å²) in [5, 5.41) is 6.66. The Kier molecular flexibility index (Phi) is 10.6. The Morgan fingerprint density at radius 2 is 1.74 bits per heavy atom. The zero-order valence-corrected chi connectivity index (χ0v) is 20.2. The topological polar surface area (TPSA) is 67.8 Å². The summed E-state index contributed by atoms with van der Waals surface area (Å²) in [5.74, 6) is 2.26. The van der Waals surface area contributed by atoms with Crippen molar-refractivity contribution >= 4 is 29.9 Å². The van der Waals surface area contributed by atoms with Gasteiger partial charge in [0.1, 0.15) is 12.4 Å². The van der Waals surface area contributed by atoms with Crippen LogP contribution in [-0.4, -0.2) is 31.6 Å². The van der Waals surface area contributed by atoms with Crippen molar-refractivity contribution in [2.75, 3.05) is 20.7 Å². The fraction of sp³-hybridized carbons (Fsp3) is 0.250. The van der Waals surface area contributed by atoms with Crippen LogP contribution in [0.2, 0.25) is 0 Å². The number of nitrogens with one attached hydrogen (secondary N) is 2. The lowest BCUT2D eigenvalue weighted by Gasteiger charge is -2.13. The summed E-state index contributed by atoms with van der Waals surface area (Å²) >= 11 is 0. The molecular formula is C24H29IN4O2. The molecule has 2 aromatic carbocycles. The second kappa shape index (κ2) is 13.5. The van der Waals surface area contributed by atoms with Gasteiger partial charge in [-0.25, -0.2) is 4.98 Å². The first kappa shape index (κ1) is 24.5. The van der Waals surface area contributed by atoms with Gasteiger partial charge in [0.25, 0.3) is 0 Å². The second-order valence-electron chi connectivity index (χ2n) is 6.69. The third kappa shape index (κ3) is 8.09. The second-order valence-corrected chi connectivity index (χ2v) is 6.69. The number of pyridine rings is 1. The lowest BCUT2D eigenvalue weighted by molar-refractivity contribution is 0.293. The van der Waals surface area contributed by atoms with E-state index in [1.165, 1.54) is 0 Å². The molecule has 1 heterocycles. The highest BCUT2D eigenvalue weighted by Crippen LogP contribution is 2.17. The van der Waals surface area contributed by atoms with Gasteiger partial charge in [0.2, 0.25) is 5.88 Å². The van der Waals surface area contributed by atoms with Crippen LogP contribution in [0.15, 0.2) is 77.9 Å². The molecule has 0 aliphatic rings. The molecule has 0 saturated carbocycles. The highest BCUT2D eigenvalue weighted by Gasteiger charge is 2.04. The van der Waals surface area contributed by atoms with Crippen LogP contribution in [0.1, 0.15) is 16.7 Å². The van der Waals surface area contributed by atoms with Crippen molar-refractivity contribution in [3.8, 4) is 11.6 Å². The highest BCUT2D eigenvalue weighted by molar-refractivity contribution is 14.0. The summed E-state index contributed by atoms with van der Waals surface area (Å²) < 4.78 is 11.2. The van der Waals surface area contributed by atoms with Crippen LogP contribution in [0, 0.1) is 0 Å². The molecule has 3 rings (SSSR count). The van der Waals surface area contributed by atoms with E-state index >= 15 is 0 Å². The molecule has 0 unspecified atom stereocenters. The number of halogens is 1. The molecule has 0 radical (unpaired) electrons. The summed E-state index contributed by atoms with van der Waals surface area (Å²) in [6, 6.07) is 22.0. The zero-order chi connectivity index (χ0) is 21.0. The zero-order valence-electron chi connectivity index (χ0n) is 17.9. The maximum Gasteiger partial charge on any atom is 0.213 e. The monoisotopic (exact) mass is 532 g/mol. The maximum atomic E-state index is 5.80. The molecular weight excluding hydrogens is 503 g/mol. The first-order valence-electron chi connectivity index (χ1n) is 9.96. The molecule has 0 bridgehead atoms. The summed E-state index contributed by atoms with van der Waals surface area (Å²) in [7, 11) is 3.46. The van der Waals surface area contributed by atoms with Gasteiger partial charge in [0.05, 0.1) is 7.11 Å². The number of rotatable bonds is 9. The van der Waals surface area contributed by atoms with Crippen LogP contribution in [0.5, 0.6) is 11.6 Å². The molecule has 7 heteroatoms. The van der Waals surface area contributed by atoms with Gasteiger partial charge in [-0.2, -0.15) is 0 Å². The third-order valence-corrected chi connectivity index (χ3v) is 4.59. The summed E-state index contributed by atoms with van der Waals surface area (Å²) in [5.41, 5.74) is 3.35. The van der Waals surface area contributed by atoms with Crippen molar-refractivity contribution in [1.82, 2.24) is 15.6 Å². The lowest BCUT2D eigenvalue weighted by Crippen LogP contribution is -2.37. The quantitative estimate of drug-likeness (QED) is 0.246. The minimum Gasteiger partial charge on any atom is -0.496 e. The first-order valence-corrected chi connectivity index (χ1v) is 9.96. The Balaban J connectivity index is 0.00000341. The number of guanidine groups is 1. The molecule has 0 aliphatic heterocycles. The van der Waals surface area contributed by atoms with E-state index in [4.69, 9.17) is 9.47 Å². The predicted octanol–water partition coefficient (Wildman–Crippen LogP) is 4.19. The van der Waals surface area contributed by atoms with E-state index in [0.29, 0.717) is 19.0 Å². The number of methoxy groups -OCH3 is 1. The largest absolute Gasteiger partial charge is 0.496 e. The number of aromatic nitrogens is 1. The van der Waals surface area contributed by atoms with E-state index in [1.54, 1.807) is 20.4 Å². The van der Waals surface area contributed by atoms with E-state index in [0.717, 1.165) is 41.4 Å². The van der Waals surface area contributed by atoms with Crippen molar-refractivity contribution < 1.29 is 9.47 Å². The molecule has 0 aliphatic carbocycles. The molecule has 2 N–H and O–H groups in total. The molecule has 0 saturated heterocycles. The van der Waals surface area contributed by atoms with Gasteiger partial charge in [-0.3, -0.25) is 4.99 Å². The molecule has 31 heavy (non-hydrogen) atoms. The number of hydrogen-bond acceptors (Lipinski definition) is 4. The SMILES string of the molecule is CN=C(NCCc1ccccc1OC)NCc1ccnc(OCc2ccccc2)c1.I. The van der Waals surface area contributed by atoms with Crippen molar-refractivity contribution in [2.45, 2.75) is 19.6 Å². The lowest BCUT2D eigenvalue weighted by atomic mass is 10.1. The van der Waals surface area contributed by atoms with Crippen LogP contribution >= 0.6 is 24.0 Å². The minimum atomic E-state index is 0. The van der Waals surface area contributed by atoms with Gasteiger partial charge in [-0.15, -0.1) is 24.0 Å². The molecule has 0 spiro atoms. The Morgan fingerprint density at radius 3 is 2.52 bits per heavy atom. The van der Waals surface area contributed by atoms with Crippen LogP contribution in [0.25, 0.3) is 0 Å². The van der Waals surface area contributed by atoms with Gasteiger partial charge in [-0.1, -0.05) is 48.5 Å². The Bertz CT molecular complexity index is 951. The normalized spacial score (nSPS) is 10.7. The molecule has 0 amide bonds. The van der Waals surface area contributed by atoms with Crippen LogP contribution in [0.4, 0.5) is 0 Å². The standard InChI is InChI=1S/C24H28N4O2.HI/c1-25-24(27-15-13-21-10-6-7-11-22(21)29-2)28-17-20-12-14-26-23(16-20)30-18-19-8-4-3-5-9-19;/h3-12,14,16H,13,15,17-18H2,1-2H3,(H2,25,27,28);1H. The number of ether oxygens (including phenoxy) is 2. The first-order chi connectivity index (χ1) is 14.8. The van der Waals surface area contributed by atoms with Gasteiger partial charge < -0.3 is 20.1 Å². The number of aliphatic imine (C=N–C) groups is 1. The van der Waals surface area contributed by atoms with Crippen LogP contribution in [-0.2, 0) is 19.6 Å². The Labute approximate surface area is 201 Å². The predicted molar refractivity (Wildman–Crippen MR) is 135 cm³/mol.